The lowest BCUT2D eigenvalue weighted by atomic mass is 10.2. The second kappa shape index (κ2) is 7.26. The Hall–Kier alpha value is -3.31. The van der Waals surface area contributed by atoms with Crippen molar-refractivity contribution in [3.05, 3.63) is 89.2 Å². The number of hydrogen-bond acceptors (Lipinski definition) is 3. The molecule has 0 bridgehead atoms. The van der Waals surface area contributed by atoms with Crippen molar-refractivity contribution in [2.75, 3.05) is 16.8 Å². The highest BCUT2D eigenvalue weighted by Crippen LogP contribution is 2.27. The fraction of sp³-hybridized carbons (Fsp3) is 0.130. The molecule has 1 aliphatic heterocycles. The van der Waals surface area contributed by atoms with Crippen LogP contribution >= 0.6 is 11.6 Å². The molecule has 1 N–H and O–H groups in total. The number of carbonyl (C=O) groups is 1. The number of benzene rings is 3. The van der Waals surface area contributed by atoms with Gasteiger partial charge in [0.25, 0.3) is 5.91 Å². The molecular formula is C23H19ClN4O. The van der Waals surface area contributed by atoms with Crippen molar-refractivity contribution in [3.8, 4) is 0 Å². The number of imidazole rings is 1. The molecule has 0 saturated heterocycles. The number of aromatic nitrogens is 2. The molecule has 1 aliphatic rings. The van der Waals surface area contributed by atoms with Crippen LogP contribution in [-0.2, 0) is 13.1 Å². The van der Waals surface area contributed by atoms with Crippen molar-refractivity contribution < 1.29 is 4.79 Å². The zero-order valence-electron chi connectivity index (χ0n) is 15.7. The molecule has 6 heteroatoms. The van der Waals surface area contributed by atoms with Crippen LogP contribution in [0.3, 0.4) is 0 Å². The van der Waals surface area contributed by atoms with E-state index >= 15 is 0 Å². The first-order valence-electron chi connectivity index (χ1n) is 9.53. The zero-order chi connectivity index (χ0) is 19.8. The Kier molecular flexibility index (Phi) is 4.45. The number of halogens is 1. The van der Waals surface area contributed by atoms with E-state index in [1.807, 2.05) is 54.6 Å². The number of rotatable bonds is 3. The Balaban J connectivity index is 1.37. The van der Waals surface area contributed by atoms with Crippen LogP contribution in [0.4, 0.5) is 11.4 Å². The molecule has 1 amide bonds. The summed E-state index contributed by atoms with van der Waals surface area (Å²) in [6.07, 6.45) is 0. The molecule has 3 aromatic carbocycles. The van der Waals surface area contributed by atoms with Crippen molar-refractivity contribution in [2.45, 2.75) is 13.1 Å². The number of anilines is 2. The smallest absolute Gasteiger partial charge is 0.255 e. The number of nitrogens with zero attached hydrogens (tertiary/aromatic N) is 3. The predicted molar refractivity (Wildman–Crippen MR) is 117 cm³/mol. The third-order valence-electron chi connectivity index (χ3n) is 5.22. The summed E-state index contributed by atoms with van der Waals surface area (Å²) in [4.78, 5) is 19.5. The summed E-state index contributed by atoms with van der Waals surface area (Å²) in [5, 5.41) is 3.68. The number of hydrogen-bond donors (Lipinski definition) is 1. The fourth-order valence-corrected chi connectivity index (χ4v) is 3.95. The maximum atomic E-state index is 12.4. The minimum atomic E-state index is -0.111. The molecule has 5 rings (SSSR count). The van der Waals surface area contributed by atoms with Gasteiger partial charge in [-0.15, -0.1) is 0 Å². The third kappa shape index (κ3) is 3.45. The van der Waals surface area contributed by atoms with E-state index in [1.54, 1.807) is 12.1 Å². The van der Waals surface area contributed by atoms with Gasteiger partial charge in [-0.05, 0) is 48.5 Å². The number of amides is 1. The topological polar surface area (TPSA) is 50.2 Å². The van der Waals surface area contributed by atoms with Crippen LogP contribution in [0, 0.1) is 0 Å². The van der Waals surface area contributed by atoms with Gasteiger partial charge in [0.1, 0.15) is 5.82 Å². The maximum Gasteiger partial charge on any atom is 0.255 e. The summed E-state index contributed by atoms with van der Waals surface area (Å²) in [5.74, 6) is 0.910. The summed E-state index contributed by atoms with van der Waals surface area (Å²) < 4.78 is 2.25. The lowest BCUT2D eigenvalue weighted by Crippen LogP contribution is -2.33. The largest absolute Gasteiger partial charge is 0.362 e. The van der Waals surface area contributed by atoms with Gasteiger partial charge in [-0.3, -0.25) is 4.79 Å². The Morgan fingerprint density at radius 2 is 1.83 bits per heavy atom. The molecule has 0 aliphatic carbocycles. The zero-order valence-corrected chi connectivity index (χ0v) is 16.4. The molecule has 144 valence electrons. The first-order valence-corrected chi connectivity index (χ1v) is 9.91. The van der Waals surface area contributed by atoms with Gasteiger partial charge in [0.15, 0.2) is 0 Å². The van der Waals surface area contributed by atoms with Crippen molar-refractivity contribution in [1.29, 1.82) is 0 Å². The van der Waals surface area contributed by atoms with E-state index in [4.69, 9.17) is 16.6 Å². The average Bonchev–Trinajstić information content (AvgIpc) is 3.11. The molecule has 0 saturated carbocycles. The van der Waals surface area contributed by atoms with Gasteiger partial charge in [-0.25, -0.2) is 4.98 Å². The van der Waals surface area contributed by atoms with E-state index in [2.05, 4.69) is 20.9 Å². The Bertz CT molecular complexity index is 1200. The maximum absolute atomic E-state index is 12.4. The number of fused-ring (bicyclic) bond motifs is 3. The van der Waals surface area contributed by atoms with Crippen molar-refractivity contribution in [2.24, 2.45) is 0 Å². The molecule has 1 aromatic heterocycles. The second-order valence-corrected chi connectivity index (χ2v) is 7.54. The van der Waals surface area contributed by atoms with Gasteiger partial charge < -0.3 is 14.8 Å². The highest BCUT2D eigenvalue weighted by Gasteiger charge is 2.20. The number of nitrogens with one attached hydrogen (secondary N) is 1. The van der Waals surface area contributed by atoms with Gasteiger partial charge in [-0.2, -0.15) is 0 Å². The summed E-state index contributed by atoms with van der Waals surface area (Å²) in [6.45, 7) is 2.44. The molecule has 5 nitrogen and oxygen atoms in total. The Morgan fingerprint density at radius 3 is 2.69 bits per heavy atom. The second-order valence-electron chi connectivity index (χ2n) is 7.10. The quantitative estimate of drug-likeness (QED) is 0.526. The molecule has 2 heterocycles. The van der Waals surface area contributed by atoms with Gasteiger partial charge in [0.2, 0.25) is 0 Å². The normalized spacial score (nSPS) is 13.3. The van der Waals surface area contributed by atoms with Crippen LogP contribution in [0.1, 0.15) is 16.2 Å². The minimum absolute atomic E-state index is 0.111. The molecule has 0 atom stereocenters. The van der Waals surface area contributed by atoms with Crippen molar-refractivity contribution in [3.63, 3.8) is 0 Å². The van der Waals surface area contributed by atoms with Crippen LogP contribution in [0.25, 0.3) is 11.0 Å². The lowest BCUT2D eigenvalue weighted by Gasteiger charge is -2.30. The molecule has 0 spiro atoms. The van der Waals surface area contributed by atoms with Crippen LogP contribution in [0.15, 0.2) is 72.8 Å². The SMILES string of the molecule is O=C(Nc1cccc(N2CCn3c(nc4cc(Cl)ccc43)C2)c1)c1ccccc1. The molecule has 0 radical (unpaired) electrons. The van der Waals surface area contributed by atoms with Gasteiger partial charge in [0, 0.05) is 35.1 Å². The standard InChI is InChI=1S/C23H19ClN4O/c24-17-9-10-21-20(13-17)26-22-15-27(11-12-28(21)22)19-8-4-7-18(14-19)25-23(29)16-5-2-1-3-6-16/h1-10,13-14H,11-12,15H2,(H,25,29). The van der Waals surface area contributed by atoms with Crippen LogP contribution in [0.2, 0.25) is 5.02 Å². The van der Waals surface area contributed by atoms with Crippen LogP contribution in [0.5, 0.6) is 0 Å². The van der Waals surface area contributed by atoms with E-state index in [-0.39, 0.29) is 5.91 Å². The number of carbonyl (C=O) groups excluding carboxylic acids is 1. The van der Waals surface area contributed by atoms with Gasteiger partial charge in [0.05, 0.1) is 17.6 Å². The summed E-state index contributed by atoms with van der Waals surface area (Å²) in [5.41, 5.74) is 4.53. The Labute approximate surface area is 173 Å². The first-order chi connectivity index (χ1) is 14.2. The monoisotopic (exact) mass is 402 g/mol. The van der Waals surface area contributed by atoms with Gasteiger partial charge in [-0.1, -0.05) is 35.9 Å². The summed E-state index contributed by atoms with van der Waals surface area (Å²) in [6, 6.07) is 23.0. The van der Waals surface area contributed by atoms with Crippen molar-refractivity contribution in [1.82, 2.24) is 9.55 Å². The molecule has 29 heavy (non-hydrogen) atoms. The minimum Gasteiger partial charge on any atom is -0.362 e. The van der Waals surface area contributed by atoms with Gasteiger partial charge >= 0.3 is 0 Å². The highest BCUT2D eigenvalue weighted by atomic mass is 35.5. The van der Waals surface area contributed by atoms with Crippen LogP contribution in [-0.4, -0.2) is 22.0 Å². The van der Waals surface area contributed by atoms with E-state index in [0.717, 1.165) is 41.3 Å². The van der Waals surface area contributed by atoms with E-state index in [1.165, 1.54) is 0 Å². The van der Waals surface area contributed by atoms with Crippen molar-refractivity contribution >= 4 is 39.9 Å². The van der Waals surface area contributed by atoms with Crippen LogP contribution < -0.4 is 10.2 Å². The summed E-state index contributed by atoms with van der Waals surface area (Å²) in [7, 11) is 0. The molecule has 4 aromatic rings. The fourth-order valence-electron chi connectivity index (χ4n) is 3.79. The molecule has 0 unspecified atom stereocenters. The molecule has 0 fully saturated rings. The van der Waals surface area contributed by atoms with E-state index in [0.29, 0.717) is 17.1 Å². The van der Waals surface area contributed by atoms with E-state index < -0.39 is 0 Å². The lowest BCUT2D eigenvalue weighted by molar-refractivity contribution is 0.102. The Morgan fingerprint density at radius 1 is 0.966 bits per heavy atom. The highest BCUT2D eigenvalue weighted by molar-refractivity contribution is 6.31. The average molecular weight is 403 g/mol. The molecular weight excluding hydrogens is 384 g/mol. The third-order valence-corrected chi connectivity index (χ3v) is 5.46. The van der Waals surface area contributed by atoms with E-state index in [9.17, 15) is 4.79 Å². The summed E-state index contributed by atoms with van der Waals surface area (Å²) >= 11 is 6.12. The predicted octanol–water partition coefficient (Wildman–Crippen LogP) is 4.96. The first kappa shape index (κ1) is 17.8.